The van der Waals surface area contributed by atoms with Crippen molar-refractivity contribution >= 4 is 61.3 Å². The largest absolute Gasteiger partial charge is 0.456 e. The van der Waals surface area contributed by atoms with Gasteiger partial charge >= 0.3 is 0 Å². The summed E-state index contributed by atoms with van der Waals surface area (Å²) in [5.74, 6) is 0.917. The second-order valence-electron chi connectivity index (χ2n) is 16.4. The van der Waals surface area contributed by atoms with E-state index in [1.807, 2.05) is 90.1 Å². The fourth-order valence-corrected chi connectivity index (χ4v) is 8.60. The predicted molar refractivity (Wildman–Crippen MR) is 243 cm³/mol. The van der Waals surface area contributed by atoms with E-state index in [9.17, 15) is 22.6 Å². The second-order valence-corrected chi connectivity index (χ2v) is 17.7. The molecule has 11 heteroatoms. The summed E-state index contributed by atoms with van der Waals surface area (Å²) in [6.45, 7) is 20.2. The van der Waals surface area contributed by atoms with Crippen molar-refractivity contribution in [3.63, 3.8) is 0 Å². The molecule has 2 aliphatic rings. The standard InChI is InChI=1S/C49H56N4O6S/c1-11-27(3)21-43(54)52-48-31(7)23-29(5)46(33(48)9)50-35-17-19-37-40(25-35)59-41-26-36(18-20-38(41)45(37)39-15-13-14-16-42(39)60(56,57)58)51-47-30(6)24-32(8)49(34(47)10)53-44(55)22-28(4)12-2/h13-20,23-28,50H,11-12,21-22H2,1-10H3,(H,52,54)(H,53,55)(H,56,57,58). The molecule has 4 aromatic rings. The Labute approximate surface area is 353 Å². The summed E-state index contributed by atoms with van der Waals surface area (Å²) in [7, 11) is -4.61. The lowest BCUT2D eigenvalue weighted by molar-refractivity contribution is -0.117. The summed E-state index contributed by atoms with van der Waals surface area (Å²) in [4.78, 5) is 30.8. The maximum absolute atomic E-state index is 13.0. The number of rotatable bonds is 13. The van der Waals surface area contributed by atoms with E-state index in [1.165, 1.54) is 6.07 Å². The van der Waals surface area contributed by atoms with Crippen LogP contribution in [0.5, 0.6) is 0 Å². The molecule has 1 heterocycles. The van der Waals surface area contributed by atoms with Crippen molar-refractivity contribution in [2.24, 2.45) is 16.8 Å². The van der Waals surface area contributed by atoms with Crippen LogP contribution in [0.15, 0.2) is 87.1 Å². The van der Waals surface area contributed by atoms with Crippen LogP contribution in [0.4, 0.5) is 28.4 Å². The van der Waals surface area contributed by atoms with E-state index < -0.39 is 10.1 Å². The average Bonchev–Trinajstić information content (AvgIpc) is 3.19. The molecule has 0 spiro atoms. The fraction of sp³-hybridized carbons (Fsp3) is 0.327. The van der Waals surface area contributed by atoms with Crippen LogP contribution in [0, 0.1) is 53.4 Å². The number of amides is 2. The molecule has 0 aromatic heterocycles. The first-order chi connectivity index (χ1) is 28.4. The quantitative estimate of drug-likeness (QED) is 0.0668. The molecule has 0 fully saturated rings. The lowest BCUT2D eigenvalue weighted by atomic mass is 9.93. The van der Waals surface area contributed by atoms with E-state index >= 15 is 0 Å². The number of anilines is 4. The molecule has 4 N–H and O–H groups in total. The van der Waals surface area contributed by atoms with Crippen molar-refractivity contribution in [2.45, 2.75) is 99.8 Å². The van der Waals surface area contributed by atoms with Gasteiger partial charge in [0.2, 0.25) is 11.8 Å². The second kappa shape index (κ2) is 17.8. The molecule has 0 saturated heterocycles. The summed E-state index contributed by atoms with van der Waals surface area (Å²) in [5, 5.41) is 11.1. The Morgan fingerprint density at radius 3 is 1.90 bits per heavy atom. The van der Waals surface area contributed by atoms with E-state index in [0.29, 0.717) is 57.3 Å². The van der Waals surface area contributed by atoms with Crippen LogP contribution in [0.25, 0.3) is 33.4 Å². The SMILES string of the molecule is CCC(C)CC(=O)Nc1c(C)cc(C)c(N=c2ccc3c(-c4ccccc4S(=O)(=O)O)c4ccc(Nc5c(C)cc(C)c(NC(=O)CC(C)CC)c5C)cc4oc-3c2)c1C. The molecule has 1 aliphatic carbocycles. The van der Waals surface area contributed by atoms with Crippen LogP contribution in [-0.4, -0.2) is 24.8 Å². The summed E-state index contributed by atoms with van der Waals surface area (Å²) >= 11 is 0. The number of nitrogens with zero attached hydrogens (tertiary/aromatic N) is 1. The van der Waals surface area contributed by atoms with E-state index in [-0.39, 0.29) is 28.5 Å². The van der Waals surface area contributed by atoms with Crippen molar-refractivity contribution in [3.05, 3.63) is 112 Å². The van der Waals surface area contributed by atoms with Gasteiger partial charge in [-0.2, -0.15) is 8.42 Å². The molecule has 1 aliphatic heterocycles. The van der Waals surface area contributed by atoms with Crippen molar-refractivity contribution in [2.75, 3.05) is 16.0 Å². The molecule has 314 valence electrons. The van der Waals surface area contributed by atoms with Gasteiger partial charge < -0.3 is 20.4 Å². The van der Waals surface area contributed by atoms with Gasteiger partial charge in [0, 0.05) is 69.8 Å². The van der Waals surface area contributed by atoms with Gasteiger partial charge in [0.1, 0.15) is 16.2 Å². The molecule has 2 amide bonds. The van der Waals surface area contributed by atoms with Crippen LogP contribution in [0.3, 0.4) is 0 Å². The van der Waals surface area contributed by atoms with Crippen molar-refractivity contribution in [1.82, 2.24) is 0 Å². The van der Waals surface area contributed by atoms with Gasteiger partial charge in [-0.1, -0.05) is 70.9 Å². The number of fused-ring (bicyclic) bond motifs is 2. The highest BCUT2D eigenvalue weighted by Crippen LogP contribution is 2.44. The molecule has 0 saturated carbocycles. The predicted octanol–water partition coefficient (Wildman–Crippen LogP) is 12.0. The van der Waals surface area contributed by atoms with Gasteiger partial charge in [-0.25, -0.2) is 4.99 Å². The first-order valence-electron chi connectivity index (χ1n) is 20.6. The van der Waals surface area contributed by atoms with Crippen LogP contribution in [-0.2, 0) is 19.7 Å². The highest BCUT2D eigenvalue weighted by atomic mass is 32.2. The van der Waals surface area contributed by atoms with Crippen LogP contribution in [0.1, 0.15) is 86.8 Å². The molecule has 10 nitrogen and oxygen atoms in total. The Kier molecular flexibility index (Phi) is 13.0. The zero-order valence-electron chi connectivity index (χ0n) is 36.3. The van der Waals surface area contributed by atoms with E-state index in [1.54, 1.807) is 18.2 Å². The Bertz CT molecular complexity index is 2790. The molecule has 60 heavy (non-hydrogen) atoms. The van der Waals surface area contributed by atoms with Crippen LogP contribution in [0.2, 0.25) is 0 Å². The van der Waals surface area contributed by atoms with Crippen molar-refractivity contribution in [3.8, 4) is 22.5 Å². The lowest BCUT2D eigenvalue weighted by Gasteiger charge is -2.21. The van der Waals surface area contributed by atoms with Crippen molar-refractivity contribution in [1.29, 1.82) is 0 Å². The first kappa shape index (κ1) is 43.8. The van der Waals surface area contributed by atoms with E-state index in [2.05, 4.69) is 43.6 Å². The number of aryl methyl sites for hydroxylation is 4. The Morgan fingerprint density at radius 2 is 1.28 bits per heavy atom. The summed E-state index contributed by atoms with van der Waals surface area (Å²) in [6, 6.07) is 21.6. The number of carbonyl (C=O) groups excluding carboxylic acids is 2. The minimum absolute atomic E-state index is 0.0254. The molecule has 0 bridgehead atoms. The third-order valence-corrected chi connectivity index (χ3v) is 12.5. The molecular formula is C49H56N4O6S. The van der Waals surface area contributed by atoms with Crippen LogP contribution >= 0.6 is 0 Å². The lowest BCUT2D eigenvalue weighted by Crippen LogP contribution is -2.17. The smallest absolute Gasteiger partial charge is 0.295 e. The minimum atomic E-state index is -4.61. The van der Waals surface area contributed by atoms with Crippen molar-refractivity contribution < 1.29 is 27.0 Å². The maximum Gasteiger partial charge on any atom is 0.295 e. The van der Waals surface area contributed by atoms with Gasteiger partial charge in [-0.05, 0) is 117 Å². The number of benzene rings is 5. The Balaban J connectivity index is 1.51. The van der Waals surface area contributed by atoms with Crippen LogP contribution < -0.4 is 21.3 Å². The maximum atomic E-state index is 13.0. The summed E-state index contributed by atoms with van der Waals surface area (Å²) in [5.41, 5.74) is 11.4. The molecule has 4 aromatic carbocycles. The molecular weight excluding hydrogens is 773 g/mol. The van der Waals surface area contributed by atoms with Gasteiger partial charge in [-0.3, -0.25) is 14.1 Å². The Morgan fingerprint density at radius 1 is 0.700 bits per heavy atom. The Hall–Kier alpha value is -5.78. The fourth-order valence-electron chi connectivity index (χ4n) is 7.90. The first-order valence-corrected chi connectivity index (χ1v) is 22.0. The summed E-state index contributed by atoms with van der Waals surface area (Å²) in [6.07, 6.45) is 2.69. The zero-order valence-corrected chi connectivity index (χ0v) is 37.1. The summed E-state index contributed by atoms with van der Waals surface area (Å²) < 4.78 is 42.6. The third kappa shape index (κ3) is 9.32. The number of hydrogen-bond donors (Lipinski definition) is 4. The highest BCUT2D eigenvalue weighted by Gasteiger charge is 2.24. The molecule has 6 rings (SSSR count). The zero-order chi connectivity index (χ0) is 43.6. The highest BCUT2D eigenvalue weighted by molar-refractivity contribution is 7.86. The minimum Gasteiger partial charge on any atom is -0.456 e. The molecule has 2 atom stereocenters. The topological polar surface area (TPSA) is 150 Å². The number of nitrogens with one attached hydrogen (secondary N) is 3. The van der Waals surface area contributed by atoms with Gasteiger partial charge in [0.05, 0.1) is 11.0 Å². The monoisotopic (exact) mass is 828 g/mol. The number of carbonyl (C=O) groups is 2. The van der Waals surface area contributed by atoms with Gasteiger partial charge in [0.25, 0.3) is 10.1 Å². The molecule has 0 radical (unpaired) electrons. The van der Waals surface area contributed by atoms with E-state index in [4.69, 9.17) is 9.41 Å². The van der Waals surface area contributed by atoms with E-state index in [0.717, 1.165) is 69.0 Å². The van der Waals surface area contributed by atoms with Gasteiger partial charge in [-0.15, -0.1) is 0 Å². The number of hydrogen-bond acceptors (Lipinski definition) is 7. The average molecular weight is 829 g/mol. The normalized spacial score (nSPS) is 13.1. The molecule has 2 unspecified atom stereocenters. The van der Waals surface area contributed by atoms with Gasteiger partial charge in [0.15, 0.2) is 0 Å². The third-order valence-electron chi connectivity index (χ3n) is 11.5.